The van der Waals surface area contributed by atoms with Gasteiger partial charge in [-0.05, 0) is 46.6 Å². The molecule has 2 N–H and O–H groups in total. The number of nitrogens with two attached hydrogens (primary N) is 1. The predicted molar refractivity (Wildman–Crippen MR) is 72.8 cm³/mol. The third-order valence-corrected chi connectivity index (χ3v) is 2.95. The van der Waals surface area contributed by atoms with Crippen LogP contribution in [0, 0.1) is 0 Å². The molecule has 0 saturated carbocycles. The number of hydrogen-bond acceptors (Lipinski definition) is 3. The number of nitrogens with zero attached hydrogens (tertiary/aromatic N) is 2. The Morgan fingerprint density at radius 1 is 1.06 bits per heavy atom. The van der Waals surface area contributed by atoms with Crippen molar-refractivity contribution in [1.29, 1.82) is 0 Å². The molecule has 0 bridgehead atoms. The molecule has 0 amide bonds. The van der Waals surface area contributed by atoms with Crippen molar-refractivity contribution in [3.05, 3.63) is 0 Å². The van der Waals surface area contributed by atoms with Crippen LogP contribution in [0.15, 0.2) is 0 Å². The van der Waals surface area contributed by atoms with Gasteiger partial charge >= 0.3 is 0 Å². The van der Waals surface area contributed by atoms with Crippen LogP contribution in [0.3, 0.4) is 0 Å². The number of rotatable bonds is 10. The maximum atomic E-state index is 6.12. The Morgan fingerprint density at radius 3 is 2.25 bits per heavy atom. The Bertz CT molecular complexity index is 148. The van der Waals surface area contributed by atoms with E-state index in [0.29, 0.717) is 6.04 Å². The highest BCUT2D eigenvalue weighted by molar-refractivity contribution is 4.68. The van der Waals surface area contributed by atoms with Crippen LogP contribution in [0.2, 0.25) is 0 Å². The highest BCUT2D eigenvalue weighted by Gasteiger charge is 2.08. The molecule has 98 valence electrons. The van der Waals surface area contributed by atoms with E-state index >= 15 is 0 Å². The molecule has 0 radical (unpaired) electrons. The quantitative estimate of drug-likeness (QED) is 0.620. The summed E-state index contributed by atoms with van der Waals surface area (Å²) in [6.07, 6.45) is 4.92. The summed E-state index contributed by atoms with van der Waals surface area (Å²) in [7, 11) is 4.26. The van der Waals surface area contributed by atoms with Gasteiger partial charge in [0.2, 0.25) is 0 Å². The van der Waals surface area contributed by atoms with Crippen molar-refractivity contribution in [2.45, 2.75) is 45.6 Å². The van der Waals surface area contributed by atoms with Gasteiger partial charge in [-0.2, -0.15) is 0 Å². The van der Waals surface area contributed by atoms with Crippen LogP contribution in [0.1, 0.15) is 39.5 Å². The van der Waals surface area contributed by atoms with Crippen molar-refractivity contribution < 1.29 is 0 Å². The van der Waals surface area contributed by atoms with E-state index in [9.17, 15) is 0 Å². The highest BCUT2D eigenvalue weighted by Crippen LogP contribution is 2.01. The molecular weight excluding hydrogens is 198 g/mol. The third-order valence-electron chi connectivity index (χ3n) is 2.95. The normalized spacial score (nSPS) is 13.7. The van der Waals surface area contributed by atoms with Gasteiger partial charge in [-0.1, -0.05) is 26.7 Å². The lowest BCUT2D eigenvalue weighted by Gasteiger charge is -2.24. The molecule has 0 heterocycles. The number of likely N-dealkylation sites (N-methyl/N-ethyl adjacent to an activating group) is 1. The van der Waals surface area contributed by atoms with Crippen LogP contribution in [-0.2, 0) is 0 Å². The van der Waals surface area contributed by atoms with Crippen molar-refractivity contribution in [3.63, 3.8) is 0 Å². The third kappa shape index (κ3) is 9.13. The fourth-order valence-corrected chi connectivity index (χ4v) is 1.88. The van der Waals surface area contributed by atoms with E-state index in [0.717, 1.165) is 13.1 Å². The summed E-state index contributed by atoms with van der Waals surface area (Å²) in [5.74, 6) is 0. The molecule has 3 heteroatoms. The molecule has 0 aliphatic rings. The minimum atomic E-state index is 0.360. The Kier molecular flexibility index (Phi) is 9.99. The Hall–Kier alpha value is -0.120. The van der Waals surface area contributed by atoms with E-state index < -0.39 is 0 Å². The van der Waals surface area contributed by atoms with Crippen LogP contribution in [0.4, 0.5) is 0 Å². The summed E-state index contributed by atoms with van der Waals surface area (Å²) in [5, 5.41) is 0. The van der Waals surface area contributed by atoms with Gasteiger partial charge in [-0.25, -0.2) is 0 Å². The molecule has 0 aromatic heterocycles. The summed E-state index contributed by atoms with van der Waals surface area (Å²) >= 11 is 0. The van der Waals surface area contributed by atoms with E-state index in [-0.39, 0.29) is 0 Å². The fourth-order valence-electron chi connectivity index (χ4n) is 1.88. The van der Waals surface area contributed by atoms with Gasteiger partial charge in [0.1, 0.15) is 0 Å². The van der Waals surface area contributed by atoms with Crippen molar-refractivity contribution in [2.24, 2.45) is 5.73 Å². The molecule has 0 aromatic rings. The van der Waals surface area contributed by atoms with Crippen molar-refractivity contribution in [3.8, 4) is 0 Å². The molecule has 1 atom stereocenters. The summed E-state index contributed by atoms with van der Waals surface area (Å²) in [6.45, 7) is 8.97. The summed E-state index contributed by atoms with van der Waals surface area (Å²) in [5.41, 5.74) is 6.12. The van der Waals surface area contributed by atoms with E-state index in [1.807, 2.05) is 0 Å². The van der Waals surface area contributed by atoms with Crippen LogP contribution in [-0.4, -0.2) is 56.1 Å². The van der Waals surface area contributed by atoms with Gasteiger partial charge in [-0.3, -0.25) is 0 Å². The standard InChI is InChI=1S/C13H31N3/c1-5-7-9-13(14)12-16(6-2)11-8-10-15(3)4/h13H,5-12,14H2,1-4H3. The van der Waals surface area contributed by atoms with Gasteiger partial charge < -0.3 is 15.5 Å². The Labute approximate surface area is 102 Å². The summed E-state index contributed by atoms with van der Waals surface area (Å²) < 4.78 is 0. The first-order valence-electron chi connectivity index (χ1n) is 6.72. The average Bonchev–Trinajstić information content (AvgIpc) is 2.24. The smallest absolute Gasteiger partial charge is 0.0167 e. The minimum absolute atomic E-state index is 0.360. The summed E-state index contributed by atoms with van der Waals surface area (Å²) in [6, 6.07) is 0.360. The zero-order chi connectivity index (χ0) is 12.4. The number of unbranched alkanes of at least 4 members (excludes halogenated alkanes) is 1. The van der Waals surface area contributed by atoms with Crippen LogP contribution >= 0.6 is 0 Å². The first-order chi connectivity index (χ1) is 7.60. The predicted octanol–water partition coefficient (Wildman–Crippen LogP) is 1.78. The molecular formula is C13H31N3. The Balaban J connectivity index is 3.64. The summed E-state index contributed by atoms with van der Waals surface area (Å²) in [4.78, 5) is 4.72. The SMILES string of the molecule is CCCCC(N)CN(CC)CCCN(C)C. The molecule has 3 nitrogen and oxygen atoms in total. The molecule has 16 heavy (non-hydrogen) atoms. The molecule has 0 spiro atoms. The highest BCUT2D eigenvalue weighted by atomic mass is 15.1. The van der Waals surface area contributed by atoms with Gasteiger partial charge in [0.15, 0.2) is 0 Å². The lowest BCUT2D eigenvalue weighted by atomic mass is 10.1. The van der Waals surface area contributed by atoms with Crippen molar-refractivity contribution in [2.75, 3.05) is 40.3 Å². The van der Waals surface area contributed by atoms with Gasteiger partial charge in [0, 0.05) is 12.6 Å². The topological polar surface area (TPSA) is 32.5 Å². The van der Waals surface area contributed by atoms with Crippen molar-refractivity contribution >= 4 is 0 Å². The molecule has 1 unspecified atom stereocenters. The second kappa shape index (κ2) is 10.1. The first kappa shape index (κ1) is 15.9. The molecule has 0 rings (SSSR count). The molecule has 0 saturated heterocycles. The fraction of sp³-hybridized carbons (Fsp3) is 1.00. The lowest BCUT2D eigenvalue weighted by molar-refractivity contribution is 0.247. The zero-order valence-corrected chi connectivity index (χ0v) is 11.7. The van der Waals surface area contributed by atoms with Gasteiger partial charge in [0.05, 0.1) is 0 Å². The van der Waals surface area contributed by atoms with E-state index in [1.165, 1.54) is 38.8 Å². The second-order valence-corrected chi connectivity index (χ2v) is 4.95. The second-order valence-electron chi connectivity index (χ2n) is 4.95. The molecule has 0 aromatic carbocycles. The largest absolute Gasteiger partial charge is 0.327 e. The average molecular weight is 229 g/mol. The van der Waals surface area contributed by atoms with Crippen LogP contribution < -0.4 is 5.73 Å². The molecule has 0 fully saturated rings. The Morgan fingerprint density at radius 2 is 1.75 bits per heavy atom. The van der Waals surface area contributed by atoms with E-state index in [1.54, 1.807) is 0 Å². The molecule has 0 aliphatic heterocycles. The van der Waals surface area contributed by atoms with E-state index in [4.69, 9.17) is 5.73 Å². The maximum Gasteiger partial charge on any atom is 0.0167 e. The first-order valence-corrected chi connectivity index (χ1v) is 6.72. The van der Waals surface area contributed by atoms with Gasteiger partial charge in [0.25, 0.3) is 0 Å². The van der Waals surface area contributed by atoms with Crippen molar-refractivity contribution in [1.82, 2.24) is 9.80 Å². The zero-order valence-electron chi connectivity index (χ0n) is 11.7. The maximum absolute atomic E-state index is 6.12. The number of hydrogen-bond donors (Lipinski definition) is 1. The monoisotopic (exact) mass is 229 g/mol. The van der Waals surface area contributed by atoms with Gasteiger partial charge in [-0.15, -0.1) is 0 Å². The van der Waals surface area contributed by atoms with Crippen LogP contribution in [0.25, 0.3) is 0 Å². The van der Waals surface area contributed by atoms with Crippen LogP contribution in [0.5, 0.6) is 0 Å². The van der Waals surface area contributed by atoms with E-state index in [2.05, 4.69) is 37.7 Å². The molecule has 0 aliphatic carbocycles. The lowest BCUT2D eigenvalue weighted by Crippen LogP contribution is -2.38. The minimum Gasteiger partial charge on any atom is -0.327 e.